The number of hydrogen-bond acceptors (Lipinski definition) is 4. The quantitative estimate of drug-likeness (QED) is 0.884. The Labute approximate surface area is 100 Å². The zero-order valence-electron chi connectivity index (χ0n) is 9.53. The molecule has 0 saturated heterocycles. The molecule has 2 unspecified atom stereocenters. The zero-order chi connectivity index (χ0) is 11.5. The van der Waals surface area contributed by atoms with E-state index < -0.39 is 0 Å². The predicted octanol–water partition coefficient (Wildman–Crippen LogP) is 2.74. The van der Waals surface area contributed by atoms with Gasteiger partial charge in [0.1, 0.15) is 5.02 Å². The average molecular weight is 242 g/mol. The number of nitrogens with one attached hydrogen (secondary N) is 1. The molecular formula is C11H16ClN3O. The summed E-state index contributed by atoms with van der Waals surface area (Å²) in [5, 5.41) is 3.91. The van der Waals surface area contributed by atoms with Crippen molar-refractivity contribution >= 4 is 17.4 Å². The van der Waals surface area contributed by atoms with Crippen molar-refractivity contribution in [1.82, 2.24) is 9.97 Å². The number of rotatable bonds is 3. The standard InChI is InChI=1S/C11H16ClN3O/c1-7-4-3-5-9(7)14-10-8(12)6-13-11(15-10)16-2/h6-7,9H,3-5H2,1-2H3,(H,13,14,15). The first kappa shape index (κ1) is 11.5. The van der Waals surface area contributed by atoms with Crippen LogP contribution in [0.3, 0.4) is 0 Å². The lowest BCUT2D eigenvalue weighted by Gasteiger charge is -2.18. The zero-order valence-corrected chi connectivity index (χ0v) is 10.3. The highest BCUT2D eigenvalue weighted by Crippen LogP contribution is 2.30. The Hall–Kier alpha value is -1.03. The van der Waals surface area contributed by atoms with Crippen molar-refractivity contribution in [2.45, 2.75) is 32.2 Å². The van der Waals surface area contributed by atoms with Gasteiger partial charge < -0.3 is 10.1 Å². The minimum atomic E-state index is 0.345. The highest BCUT2D eigenvalue weighted by molar-refractivity contribution is 6.32. The maximum absolute atomic E-state index is 6.04. The molecule has 1 aliphatic carbocycles. The summed E-state index contributed by atoms with van der Waals surface area (Å²) < 4.78 is 4.98. The number of halogens is 1. The Balaban J connectivity index is 2.13. The van der Waals surface area contributed by atoms with E-state index in [2.05, 4.69) is 22.2 Å². The first-order valence-electron chi connectivity index (χ1n) is 5.53. The minimum Gasteiger partial charge on any atom is -0.467 e. The van der Waals surface area contributed by atoms with Crippen molar-refractivity contribution in [2.75, 3.05) is 12.4 Å². The molecule has 2 atom stereocenters. The molecule has 0 radical (unpaired) electrons. The SMILES string of the molecule is COc1ncc(Cl)c(NC2CCCC2C)n1. The van der Waals surface area contributed by atoms with Gasteiger partial charge in [-0.15, -0.1) is 0 Å². The topological polar surface area (TPSA) is 47.0 Å². The first-order valence-corrected chi connectivity index (χ1v) is 5.91. The van der Waals surface area contributed by atoms with Crippen LogP contribution >= 0.6 is 11.6 Å². The fourth-order valence-corrected chi connectivity index (χ4v) is 2.23. The van der Waals surface area contributed by atoms with Gasteiger partial charge in [-0.25, -0.2) is 4.98 Å². The molecule has 1 saturated carbocycles. The lowest BCUT2D eigenvalue weighted by atomic mass is 10.1. The summed E-state index contributed by atoms with van der Waals surface area (Å²) in [6.07, 6.45) is 5.26. The summed E-state index contributed by atoms with van der Waals surface area (Å²) in [7, 11) is 1.55. The monoisotopic (exact) mass is 241 g/mol. The number of methoxy groups -OCH3 is 1. The van der Waals surface area contributed by atoms with Crippen LogP contribution in [0.15, 0.2) is 6.20 Å². The Morgan fingerprint density at radius 1 is 1.50 bits per heavy atom. The summed E-state index contributed by atoms with van der Waals surface area (Å²) in [6.45, 7) is 2.25. The predicted molar refractivity (Wildman–Crippen MR) is 64.0 cm³/mol. The second-order valence-electron chi connectivity index (χ2n) is 4.21. The van der Waals surface area contributed by atoms with E-state index in [0.29, 0.717) is 28.8 Å². The summed E-state index contributed by atoms with van der Waals surface area (Å²) in [5.41, 5.74) is 0. The average Bonchev–Trinajstić information content (AvgIpc) is 2.68. The van der Waals surface area contributed by atoms with Crippen LogP contribution in [0.2, 0.25) is 5.02 Å². The Kier molecular flexibility index (Phi) is 3.49. The largest absolute Gasteiger partial charge is 0.467 e. The molecule has 1 fully saturated rings. The molecule has 0 spiro atoms. The molecular weight excluding hydrogens is 226 g/mol. The second kappa shape index (κ2) is 4.87. The van der Waals surface area contributed by atoms with Crippen LogP contribution < -0.4 is 10.1 Å². The van der Waals surface area contributed by atoms with E-state index in [-0.39, 0.29) is 0 Å². The van der Waals surface area contributed by atoms with Gasteiger partial charge in [0, 0.05) is 6.04 Å². The van der Waals surface area contributed by atoms with Crippen LogP contribution in [-0.2, 0) is 0 Å². The third-order valence-corrected chi connectivity index (χ3v) is 3.36. The van der Waals surface area contributed by atoms with Crippen molar-refractivity contribution < 1.29 is 4.74 Å². The van der Waals surface area contributed by atoms with Gasteiger partial charge in [-0.1, -0.05) is 24.9 Å². The van der Waals surface area contributed by atoms with Crippen molar-refractivity contribution in [3.63, 3.8) is 0 Å². The van der Waals surface area contributed by atoms with E-state index in [1.165, 1.54) is 19.3 Å². The molecule has 0 bridgehead atoms. The molecule has 0 aliphatic heterocycles. The maximum Gasteiger partial charge on any atom is 0.318 e. The number of ether oxygens (including phenoxy) is 1. The summed E-state index contributed by atoms with van der Waals surface area (Å²) in [6, 6.07) is 0.801. The van der Waals surface area contributed by atoms with Gasteiger partial charge in [-0.05, 0) is 18.8 Å². The first-order chi connectivity index (χ1) is 7.70. The van der Waals surface area contributed by atoms with Crippen molar-refractivity contribution in [3.05, 3.63) is 11.2 Å². The molecule has 16 heavy (non-hydrogen) atoms. The summed E-state index contributed by atoms with van der Waals surface area (Å²) >= 11 is 6.04. The number of anilines is 1. The van der Waals surface area contributed by atoms with Crippen molar-refractivity contribution in [1.29, 1.82) is 0 Å². The Bertz CT molecular complexity index is 372. The van der Waals surface area contributed by atoms with E-state index >= 15 is 0 Å². The highest BCUT2D eigenvalue weighted by atomic mass is 35.5. The van der Waals surface area contributed by atoms with E-state index in [1.54, 1.807) is 13.3 Å². The van der Waals surface area contributed by atoms with Gasteiger partial charge in [0.25, 0.3) is 0 Å². The van der Waals surface area contributed by atoms with Gasteiger partial charge >= 0.3 is 6.01 Å². The molecule has 88 valence electrons. The molecule has 1 aromatic rings. The lowest BCUT2D eigenvalue weighted by molar-refractivity contribution is 0.380. The Morgan fingerprint density at radius 3 is 2.94 bits per heavy atom. The van der Waals surface area contributed by atoms with E-state index in [4.69, 9.17) is 16.3 Å². The molecule has 0 amide bonds. The Morgan fingerprint density at radius 2 is 2.31 bits per heavy atom. The maximum atomic E-state index is 6.04. The lowest BCUT2D eigenvalue weighted by Crippen LogP contribution is -2.22. The summed E-state index contributed by atoms with van der Waals surface area (Å²) in [5.74, 6) is 1.34. The van der Waals surface area contributed by atoms with Gasteiger partial charge in [0.15, 0.2) is 5.82 Å². The fourth-order valence-electron chi connectivity index (χ4n) is 2.09. The third kappa shape index (κ3) is 2.38. The van der Waals surface area contributed by atoms with Crippen LogP contribution in [0.4, 0.5) is 5.82 Å². The second-order valence-corrected chi connectivity index (χ2v) is 4.62. The van der Waals surface area contributed by atoms with Gasteiger partial charge in [-0.2, -0.15) is 4.98 Å². The molecule has 1 aromatic heterocycles. The molecule has 1 heterocycles. The van der Waals surface area contributed by atoms with Crippen LogP contribution in [0.1, 0.15) is 26.2 Å². The van der Waals surface area contributed by atoms with Crippen molar-refractivity contribution in [2.24, 2.45) is 5.92 Å². The van der Waals surface area contributed by atoms with Gasteiger partial charge in [0.2, 0.25) is 0 Å². The number of aromatic nitrogens is 2. The molecule has 2 rings (SSSR count). The van der Waals surface area contributed by atoms with Crippen molar-refractivity contribution in [3.8, 4) is 6.01 Å². The van der Waals surface area contributed by atoms with Gasteiger partial charge in [0.05, 0.1) is 13.3 Å². The number of hydrogen-bond donors (Lipinski definition) is 1. The minimum absolute atomic E-state index is 0.345. The smallest absolute Gasteiger partial charge is 0.318 e. The molecule has 4 nitrogen and oxygen atoms in total. The van der Waals surface area contributed by atoms with E-state index in [9.17, 15) is 0 Å². The number of nitrogens with zero attached hydrogens (tertiary/aromatic N) is 2. The van der Waals surface area contributed by atoms with Crippen LogP contribution in [0, 0.1) is 5.92 Å². The highest BCUT2D eigenvalue weighted by Gasteiger charge is 2.24. The van der Waals surface area contributed by atoms with E-state index in [0.717, 1.165) is 0 Å². The molecule has 1 N–H and O–H groups in total. The normalized spacial score (nSPS) is 24.4. The van der Waals surface area contributed by atoms with E-state index in [1.807, 2.05) is 0 Å². The molecule has 1 aliphatic rings. The third-order valence-electron chi connectivity index (χ3n) is 3.09. The molecule has 0 aromatic carbocycles. The molecule has 5 heteroatoms. The van der Waals surface area contributed by atoms with Crippen LogP contribution in [0.5, 0.6) is 6.01 Å². The van der Waals surface area contributed by atoms with Crippen LogP contribution in [-0.4, -0.2) is 23.1 Å². The van der Waals surface area contributed by atoms with Gasteiger partial charge in [-0.3, -0.25) is 0 Å². The van der Waals surface area contributed by atoms with Crippen LogP contribution in [0.25, 0.3) is 0 Å². The fraction of sp³-hybridized carbons (Fsp3) is 0.636. The summed E-state index contributed by atoms with van der Waals surface area (Å²) in [4.78, 5) is 8.16.